The van der Waals surface area contributed by atoms with E-state index < -0.39 is 0 Å². The molecular formula is C36H64O4. The van der Waals surface area contributed by atoms with Gasteiger partial charge in [0.25, 0.3) is 0 Å². The number of phenolic OH excluding ortho intramolecular Hbond substituents is 1. The second-order valence-corrected chi connectivity index (χ2v) is 13.9. The van der Waals surface area contributed by atoms with Crippen molar-refractivity contribution >= 4 is 5.97 Å². The molecule has 0 aromatic heterocycles. The fourth-order valence-electron chi connectivity index (χ4n) is 5.23. The number of benzene rings is 1. The van der Waals surface area contributed by atoms with Gasteiger partial charge in [-0.3, -0.25) is 4.79 Å². The van der Waals surface area contributed by atoms with Crippen LogP contribution in [0.3, 0.4) is 0 Å². The lowest BCUT2D eigenvalue weighted by molar-refractivity contribution is -0.144. The molecule has 0 radical (unpaired) electrons. The Morgan fingerprint density at radius 2 is 1.02 bits per heavy atom. The number of ether oxygens (including phenoxy) is 2. The van der Waals surface area contributed by atoms with Crippen LogP contribution in [-0.2, 0) is 31.5 Å². The van der Waals surface area contributed by atoms with Crippen LogP contribution in [0, 0.1) is 0 Å². The topological polar surface area (TPSA) is 55.8 Å². The standard InChI is InChI=1S/C36H64O4/c1-8-9-10-11-12-13-14-15-16-17-18-19-20-21-22-23-24-39-25-26-40-33(37)29-30-27-31(35(2,3)4)34(38)32(28-30)36(5,6)7/h27-28,38H,8-26,29H2,1-7H3. The van der Waals surface area contributed by atoms with E-state index in [0.29, 0.717) is 12.4 Å². The van der Waals surface area contributed by atoms with Gasteiger partial charge in [0.2, 0.25) is 0 Å². The van der Waals surface area contributed by atoms with Crippen molar-refractivity contribution < 1.29 is 19.4 Å². The normalized spacial score (nSPS) is 12.2. The van der Waals surface area contributed by atoms with Gasteiger partial charge < -0.3 is 14.6 Å². The van der Waals surface area contributed by atoms with E-state index in [4.69, 9.17) is 9.47 Å². The first-order valence-corrected chi connectivity index (χ1v) is 16.6. The summed E-state index contributed by atoms with van der Waals surface area (Å²) in [4.78, 5) is 12.5. The van der Waals surface area contributed by atoms with Crippen LogP contribution in [0.4, 0.5) is 0 Å². The third-order valence-corrected chi connectivity index (χ3v) is 7.77. The summed E-state index contributed by atoms with van der Waals surface area (Å²) in [7, 11) is 0. The predicted octanol–water partition coefficient (Wildman–Crippen LogP) is 10.4. The third-order valence-electron chi connectivity index (χ3n) is 7.77. The molecule has 1 aromatic carbocycles. The van der Waals surface area contributed by atoms with Crippen LogP contribution in [0.15, 0.2) is 12.1 Å². The second kappa shape index (κ2) is 20.3. The predicted molar refractivity (Wildman–Crippen MR) is 171 cm³/mol. The molecule has 0 saturated heterocycles. The zero-order valence-electron chi connectivity index (χ0n) is 27.5. The lowest BCUT2D eigenvalue weighted by Crippen LogP contribution is -2.19. The Balaban J connectivity index is 2.07. The van der Waals surface area contributed by atoms with Gasteiger partial charge in [-0.25, -0.2) is 0 Å². The van der Waals surface area contributed by atoms with Crippen LogP contribution in [0.25, 0.3) is 0 Å². The molecule has 0 aliphatic carbocycles. The van der Waals surface area contributed by atoms with Gasteiger partial charge in [0.05, 0.1) is 13.0 Å². The lowest BCUT2D eigenvalue weighted by Gasteiger charge is -2.28. The average Bonchev–Trinajstić information content (AvgIpc) is 2.87. The number of aromatic hydroxyl groups is 1. The van der Waals surface area contributed by atoms with Crippen molar-refractivity contribution in [2.24, 2.45) is 0 Å². The molecule has 0 fully saturated rings. The third kappa shape index (κ3) is 16.7. The van der Waals surface area contributed by atoms with Crippen LogP contribution in [0.2, 0.25) is 0 Å². The first-order valence-electron chi connectivity index (χ1n) is 16.6. The molecule has 0 saturated carbocycles. The van der Waals surface area contributed by atoms with Gasteiger partial charge in [-0.15, -0.1) is 0 Å². The maximum absolute atomic E-state index is 12.5. The van der Waals surface area contributed by atoms with Crippen LogP contribution in [0.5, 0.6) is 5.75 Å². The molecule has 40 heavy (non-hydrogen) atoms. The molecular weight excluding hydrogens is 496 g/mol. The fourth-order valence-corrected chi connectivity index (χ4v) is 5.23. The number of rotatable bonds is 22. The van der Waals surface area contributed by atoms with Crippen molar-refractivity contribution in [2.45, 2.75) is 168 Å². The van der Waals surface area contributed by atoms with E-state index >= 15 is 0 Å². The van der Waals surface area contributed by atoms with Crippen molar-refractivity contribution in [3.8, 4) is 5.75 Å². The molecule has 0 aliphatic heterocycles. The fraction of sp³-hybridized carbons (Fsp3) is 0.806. The van der Waals surface area contributed by atoms with Crippen LogP contribution < -0.4 is 0 Å². The molecule has 0 spiro atoms. The van der Waals surface area contributed by atoms with Crippen LogP contribution in [-0.4, -0.2) is 30.9 Å². The Hall–Kier alpha value is -1.55. The summed E-state index contributed by atoms with van der Waals surface area (Å²) in [6.07, 6.45) is 22.0. The van der Waals surface area contributed by atoms with Crippen molar-refractivity contribution in [1.29, 1.82) is 0 Å². The summed E-state index contributed by atoms with van der Waals surface area (Å²) in [6.45, 7) is 16.2. The molecule has 1 rings (SSSR count). The van der Waals surface area contributed by atoms with Crippen molar-refractivity contribution in [2.75, 3.05) is 19.8 Å². The summed E-state index contributed by atoms with van der Waals surface area (Å²) in [5.74, 6) is 0.0796. The monoisotopic (exact) mass is 560 g/mol. The zero-order chi connectivity index (χ0) is 29.9. The number of carbonyl (C=O) groups is 1. The van der Waals surface area contributed by atoms with Crippen LogP contribution in [0.1, 0.15) is 168 Å². The minimum absolute atomic E-state index is 0.200. The van der Waals surface area contributed by atoms with Gasteiger partial charge in [0, 0.05) is 6.61 Å². The highest BCUT2D eigenvalue weighted by atomic mass is 16.6. The van der Waals surface area contributed by atoms with Gasteiger partial charge in [-0.2, -0.15) is 0 Å². The molecule has 0 bridgehead atoms. The summed E-state index contributed by atoms with van der Waals surface area (Å²) in [5.41, 5.74) is 2.18. The highest BCUT2D eigenvalue weighted by Gasteiger charge is 2.27. The largest absolute Gasteiger partial charge is 0.507 e. The van der Waals surface area contributed by atoms with Gasteiger partial charge in [-0.05, 0) is 33.9 Å². The molecule has 4 heteroatoms. The van der Waals surface area contributed by atoms with E-state index in [2.05, 4.69) is 48.5 Å². The van der Waals surface area contributed by atoms with Crippen LogP contribution >= 0.6 is 0 Å². The summed E-state index contributed by atoms with van der Waals surface area (Å²) < 4.78 is 11.1. The minimum Gasteiger partial charge on any atom is -0.507 e. The Morgan fingerprint density at radius 3 is 1.43 bits per heavy atom. The first kappa shape index (κ1) is 36.5. The van der Waals surface area contributed by atoms with Gasteiger partial charge >= 0.3 is 5.97 Å². The molecule has 0 atom stereocenters. The van der Waals surface area contributed by atoms with Gasteiger partial charge in [0.15, 0.2) is 0 Å². The maximum atomic E-state index is 12.5. The van der Waals surface area contributed by atoms with Gasteiger partial charge in [-0.1, -0.05) is 157 Å². The number of hydrogen-bond acceptors (Lipinski definition) is 4. The number of esters is 1. The smallest absolute Gasteiger partial charge is 0.310 e. The number of phenols is 1. The molecule has 0 aliphatic rings. The van der Waals surface area contributed by atoms with E-state index in [9.17, 15) is 9.90 Å². The van der Waals surface area contributed by atoms with Crippen molar-refractivity contribution in [1.82, 2.24) is 0 Å². The average molecular weight is 561 g/mol. The molecule has 1 aromatic rings. The van der Waals surface area contributed by atoms with E-state index in [1.54, 1.807) is 0 Å². The van der Waals surface area contributed by atoms with E-state index in [-0.39, 0.29) is 29.8 Å². The molecule has 0 unspecified atom stereocenters. The van der Waals surface area contributed by atoms with Crippen molar-refractivity contribution in [3.63, 3.8) is 0 Å². The molecule has 0 heterocycles. The zero-order valence-corrected chi connectivity index (χ0v) is 27.5. The summed E-state index contributed by atoms with van der Waals surface area (Å²) in [5, 5.41) is 10.9. The van der Waals surface area contributed by atoms with Gasteiger partial charge in [0.1, 0.15) is 12.4 Å². The number of carbonyl (C=O) groups excluding carboxylic acids is 1. The quantitative estimate of drug-likeness (QED) is 0.113. The number of unbranched alkanes of at least 4 members (excludes halogenated alkanes) is 15. The van der Waals surface area contributed by atoms with Crippen molar-refractivity contribution in [3.05, 3.63) is 28.8 Å². The Bertz CT molecular complexity index is 765. The molecule has 1 N–H and O–H groups in total. The molecule has 4 nitrogen and oxygen atoms in total. The molecule has 0 amide bonds. The summed E-state index contributed by atoms with van der Waals surface area (Å²) in [6, 6.07) is 3.89. The highest BCUT2D eigenvalue weighted by molar-refractivity contribution is 5.73. The Kier molecular flexibility index (Phi) is 18.6. The summed E-state index contributed by atoms with van der Waals surface area (Å²) >= 11 is 0. The Labute approximate surface area is 248 Å². The van der Waals surface area contributed by atoms with E-state index in [0.717, 1.165) is 29.7 Å². The highest BCUT2D eigenvalue weighted by Crippen LogP contribution is 2.39. The first-order chi connectivity index (χ1) is 19.0. The maximum Gasteiger partial charge on any atom is 0.310 e. The van der Waals surface area contributed by atoms with E-state index in [1.165, 1.54) is 96.3 Å². The van der Waals surface area contributed by atoms with E-state index in [1.807, 2.05) is 12.1 Å². The second-order valence-electron chi connectivity index (χ2n) is 13.9. The number of hydrogen-bond donors (Lipinski definition) is 1. The Morgan fingerprint density at radius 1 is 0.625 bits per heavy atom. The molecule has 232 valence electrons. The lowest BCUT2D eigenvalue weighted by atomic mass is 9.78. The SMILES string of the molecule is CCCCCCCCCCCCCCCCCCOCCOC(=O)Cc1cc(C(C)(C)C)c(O)c(C(C)(C)C)c1. The minimum atomic E-state index is -0.253.